The van der Waals surface area contributed by atoms with Gasteiger partial charge in [-0.2, -0.15) is 4.98 Å². The summed E-state index contributed by atoms with van der Waals surface area (Å²) in [4.78, 5) is 25.2. The molecular weight excluding hydrogens is 416 g/mol. The maximum Gasteiger partial charge on any atom is 0.407 e. The molecule has 11 heteroatoms. The summed E-state index contributed by atoms with van der Waals surface area (Å²) in [6.45, 7) is 1.14. The van der Waals surface area contributed by atoms with Crippen molar-refractivity contribution in [2.75, 3.05) is 26.0 Å². The summed E-state index contributed by atoms with van der Waals surface area (Å²) in [5, 5.41) is 9.45. The number of amides is 1. The van der Waals surface area contributed by atoms with E-state index < -0.39 is 18.3 Å². The fraction of sp³-hybridized carbons (Fsp3) is 0.368. The monoisotopic (exact) mass is 435 g/mol. The van der Waals surface area contributed by atoms with E-state index in [4.69, 9.17) is 9.84 Å². The van der Waals surface area contributed by atoms with E-state index in [2.05, 4.69) is 15.0 Å². The van der Waals surface area contributed by atoms with Gasteiger partial charge in [-0.05, 0) is 24.8 Å². The molecule has 8 nitrogen and oxygen atoms in total. The Balaban J connectivity index is 1.65. The van der Waals surface area contributed by atoms with E-state index in [0.29, 0.717) is 35.7 Å². The molecule has 1 N–H and O–H groups in total. The highest BCUT2D eigenvalue weighted by molar-refractivity contribution is 7.98. The first-order chi connectivity index (χ1) is 14.5. The molecule has 4 rings (SSSR count). The number of hydrogen-bond acceptors (Lipinski definition) is 6. The number of benzene rings is 1. The van der Waals surface area contributed by atoms with Crippen LogP contribution in [0.3, 0.4) is 0 Å². The normalized spacial score (nSPS) is 16.5. The zero-order chi connectivity index (χ0) is 21.3. The van der Waals surface area contributed by atoms with Gasteiger partial charge in [-0.1, -0.05) is 23.9 Å². The molecule has 1 amide bonds. The van der Waals surface area contributed by atoms with Crippen molar-refractivity contribution in [3.8, 4) is 11.7 Å². The fourth-order valence-corrected chi connectivity index (χ4v) is 3.82. The first-order valence-corrected chi connectivity index (χ1v) is 10.5. The van der Waals surface area contributed by atoms with Crippen molar-refractivity contribution >= 4 is 28.9 Å². The third-order valence-electron chi connectivity index (χ3n) is 4.89. The Kier molecular flexibility index (Phi) is 5.71. The summed E-state index contributed by atoms with van der Waals surface area (Å²) in [5.74, 6) is 0.131. The highest BCUT2D eigenvalue weighted by Crippen LogP contribution is 2.29. The fourth-order valence-electron chi connectivity index (χ4n) is 3.45. The third-order valence-corrected chi connectivity index (χ3v) is 5.43. The van der Waals surface area contributed by atoms with Crippen LogP contribution >= 0.6 is 11.8 Å². The Morgan fingerprint density at radius 1 is 1.33 bits per heavy atom. The van der Waals surface area contributed by atoms with Crippen LogP contribution in [0.15, 0.2) is 35.5 Å². The number of imidazole rings is 1. The molecule has 3 heterocycles. The molecule has 0 saturated carbocycles. The number of alkyl halides is 2. The zero-order valence-electron chi connectivity index (χ0n) is 16.0. The minimum absolute atomic E-state index is 0.0444. The molecule has 2 aromatic heterocycles. The van der Waals surface area contributed by atoms with E-state index in [-0.39, 0.29) is 24.2 Å². The van der Waals surface area contributed by atoms with Crippen molar-refractivity contribution in [1.82, 2.24) is 24.4 Å². The lowest BCUT2D eigenvalue weighted by Gasteiger charge is -2.14. The summed E-state index contributed by atoms with van der Waals surface area (Å²) < 4.78 is 34.5. The number of thioether (sulfide) groups is 1. The second kappa shape index (κ2) is 8.42. The SMILES string of the molecule is CSc1nc(OC[C@H]2CCN(C(=O)O)C2)cc(-n2c(C(F)F)nc3ccccc32)n1. The number of likely N-dealkylation sites (tertiary alicyclic amines) is 1. The lowest BCUT2D eigenvalue weighted by atomic mass is 10.1. The molecule has 0 radical (unpaired) electrons. The van der Waals surface area contributed by atoms with Crippen molar-refractivity contribution in [2.24, 2.45) is 5.92 Å². The number of halogens is 2. The van der Waals surface area contributed by atoms with Gasteiger partial charge < -0.3 is 14.7 Å². The smallest absolute Gasteiger partial charge is 0.407 e. The quantitative estimate of drug-likeness (QED) is 0.464. The van der Waals surface area contributed by atoms with Crippen LogP contribution in [0.25, 0.3) is 16.9 Å². The lowest BCUT2D eigenvalue weighted by molar-refractivity contribution is 0.139. The summed E-state index contributed by atoms with van der Waals surface area (Å²) in [6.07, 6.45) is -1.25. The summed E-state index contributed by atoms with van der Waals surface area (Å²) >= 11 is 1.27. The highest BCUT2D eigenvalue weighted by Gasteiger charge is 2.27. The van der Waals surface area contributed by atoms with E-state index in [1.807, 2.05) is 0 Å². The van der Waals surface area contributed by atoms with Gasteiger partial charge in [0.2, 0.25) is 5.88 Å². The molecule has 30 heavy (non-hydrogen) atoms. The first-order valence-electron chi connectivity index (χ1n) is 9.26. The van der Waals surface area contributed by atoms with Gasteiger partial charge in [-0.3, -0.25) is 4.57 Å². The maximum absolute atomic E-state index is 13.7. The highest BCUT2D eigenvalue weighted by atomic mass is 32.2. The van der Waals surface area contributed by atoms with E-state index in [1.54, 1.807) is 30.5 Å². The number of rotatable bonds is 6. The Bertz CT molecular complexity index is 1080. The number of aromatic nitrogens is 4. The van der Waals surface area contributed by atoms with Crippen LogP contribution < -0.4 is 4.74 Å². The van der Waals surface area contributed by atoms with E-state index in [0.717, 1.165) is 0 Å². The average Bonchev–Trinajstić information content (AvgIpc) is 3.37. The van der Waals surface area contributed by atoms with Gasteiger partial charge in [0, 0.05) is 25.1 Å². The second-order valence-electron chi connectivity index (χ2n) is 6.84. The maximum atomic E-state index is 13.7. The Morgan fingerprint density at radius 2 is 2.13 bits per heavy atom. The molecule has 158 valence electrons. The van der Waals surface area contributed by atoms with Gasteiger partial charge in [0.1, 0.15) is 5.82 Å². The van der Waals surface area contributed by atoms with Crippen LogP contribution in [-0.4, -0.2) is 61.6 Å². The Morgan fingerprint density at radius 3 is 2.83 bits per heavy atom. The van der Waals surface area contributed by atoms with Gasteiger partial charge >= 0.3 is 6.09 Å². The minimum Gasteiger partial charge on any atom is -0.477 e. The van der Waals surface area contributed by atoms with E-state index >= 15 is 0 Å². The standard InChI is InChI=1S/C19H19F2N5O3S/c1-30-18-23-14(26-13-5-3-2-4-12(13)22-17(26)16(20)21)8-15(24-18)29-10-11-6-7-25(9-11)19(27)28/h2-5,8,11,16H,6-7,9-10H2,1H3,(H,27,28)/t11-/m0/s1. The summed E-state index contributed by atoms with van der Waals surface area (Å²) in [7, 11) is 0. The van der Waals surface area contributed by atoms with Crippen LogP contribution in [0.4, 0.5) is 13.6 Å². The third kappa shape index (κ3) is 4.02. The van der Waals surface area contributed by atoms with Crippen LogP contribution in [0.1, 0.15) is 18.7 Å². The molecule has 0 bridgehead atoms. The lowest BCUT2D eigenvalue weighted by Crippen LogP contribution is -2.27. The number of nitrogens with zero attached hydrogens (tertiary/aromatic N) is 5. The predicted octanol–water partition coefficient (Wildman–Crippen LogP) is 3.85. The van der Waals surface area contributed by atoms with Crippen molar-refractivity contribution < 1.29 is 23.4 Å². The van der Waals surface area contributed by atoms with Gasteiger partial charge in [-0.25, -0.2) is 23.5 Å². The second-order valence-corrected chi connectivity index (χ2v) is 7.61. The predicted molar refractivity (Wildman–Crippen MR) is 107 cm³/mol. The van der Waals surface area contributed by atoms with Gasteiger partial charge in [-0.15, -0.1) is 0 Å². The Labute approximate surface area is 174 Å². The van der Waals surface area contributed by atoms with Gasteiger partial charge in [0.05, 0.1) is 17.6 Å². The summed E-state index contributed by atoms with van der Waals surface area (Å²) in [6, 6.07) is 8.36. The number of hydrogen-bond donors (Lipinski definition) is 1. The Hall–Kier alpha value is -2.95. The number of fused-ring (bicyclic) bond motifs is 1. The molecular formula is C19H19F2N5O3S. The minimum atomic E-state index is -2.78. The number of para-hydroxylation sites is 2. The van der Waals surface area contributed by atoms with Crippen LogP contribution in [0, 0.1) is 5.92 Å². The van der Waals surface area contributed by atoms with Crippen molar-refractivity contribution in [2.45, 2.75) is 18.0 Å². The molecule has 1 saturated heterocycles. The number of ether oxygens (including phenoxy) is 1. The summed E-state index contributed by atoms with van der Waals surface area (Å²) in [5.41, 5.74) is 0.955. The van der Waals surface area contributed by atoms with Gasteiger partial charge in [0.15, 0.2) is 11.0 Å². The average molecular weight is 435 g/mol. The zero-order valence-corrected chi connectivity index (χ0v) is 16.9. The van der Waals surface area contributed by atoms with Gasteiger partial charge in [0.25, 0.3) is 6.43 Å². The molecule has 0 spiro atoms. The first kappa shape index (κ1) is 20.3. The molecule has 1 fully saturated rings. The molecule has 1 aliphatic heterocycles. The van der Waals surface area contributed by atoms with Crippen molar-refractivity contribution in [3.05, 3.63) is 36.2 Å². The van der Waals surface area contributed by atoms with Crippen LogP contribution in [0.2, 0.25) is 0 Å². The van der Waals surface area contributed by atoms with Crippen LogP contribution in [0.5, 0.6) is 5.88 Å². The van der Waals surface area contributed by atoms with Crippen molar-refractivity contribution in [1.29, 1.82) is 0 Å². The number of carboxylic acid groups (broad SMARTS) is 1. The van der Waals surface area contributed by atoms with Crippen LogP contribution in [-0.2, 0) is 0 Å². The molecule has 1 aliphatic rings. The molecule has 3 aromatic rings. The molecule has 0 aliphatic carbocycles. The van der Waals surface area contributed by atoms with Crippen molar-refractivity contribution in [3.63, 3.8) is 0 Å². The van der Waals surface area contributed by atoms with E-state index in [1.165, 1.54) is 27.3 Å². The number of carbonyl (C=O) groups is 1. The molecule has 1 aromatic carbocycles. The largest absolute Gasteiger partial charge is 0.477 e. The topological polar surface area (TPSA) is 93.4 Å². The van der Waals surface area contributed by atoms with E-state index in [9.17, 15) is 13.6 Å². The molecule has 0 unspecified atom stereocenters. The molecule has 1 atom stereocenters.